The lowest BCUT2D eigenvalue weighted by atomic mass is 9.97. The highest BCUT2D eigenvalue weighted by molar-refractivity contribution is 7.88. The van der Waals surface area contributed by atoms with Crippen LogP contribution in [0.25, 0.3) is 0 Å². The molecule has 54 heavy (non-hydrogen) atoms. The number of amides is 1. The third kappa shape index (κ3) is 11.7. The number of esters is 1. The topological polar surface area (TPSA) is 169 Å². The number of alkyl halides is 2. The quantitative estimate of drug-likeness (QED) is 0.107. The number of nitrogens with one attached hydrogen (secondary N) is 2. The fourth-order valence-electron chi connectivity index (χ4n) is 5.83. The monoisotopic (exact) mass is 816 g/mol. The zero-order chi connectivity index (χ0) is 39.0. The summed E-state index contributed by atoms with van der Waals surface area (Å²) >= 11 is 12.7. The summed E-state index contributed by atoms with van der Waals surface area (Å²) in [6.45, 7) is -1.88. The Hall–Kier alpha value is -4.00. The van der Waals surface area contributed by atoms with Crippen molar-refractivity contribution in [1.29, 1.82) is 0 Å². The van der Waals surface area contributed by atoms with Gasteiger partial charge in [-0.05, 0) is 60.2 Å². The van der Waals surface area contributed by atoms with Gasteiger partial charge in [-0.15, -0.1) is 0 Å². The standard InChI is InChI=1S/C35H40Cl2F2N4O10S/c1-49-23-6-7-24(25(14-23)29-20-50-12-11-42(29)10-9-41-54(2,47)48)34(45)40-16-33(44)52-31(15-26-27(36)17-43(46)18-28(26)37)22-5-8-30(53-35(38)39)32(13-22)51-19-21-3-4-21/h5-8,13-14,17-18,21,29,31,35,41H,3-4,9-12,15-16,19-20H2,1-2H3,(H,40,45)/t29?,31-/m0/s1. The van der Waals surface area contributed by atoms with Crippen molar-refractivity contribution in [3.63, 3.8) is 0 Å². The second-order valence-corrected chi connectivity index (χ2v) is 15.4. The molecule has 1 saturated heterocycles. The number of nitrogens with zero attached hydrogens (tertiary/aromatic N) is 2. The number of carbonyl (C=O) groups is 2. The molecule has 1 aliphatic heterocycles. The molecule has 0 bridgehead atoms. The fraction of sp³-hybridized carbons (Fsp3) is 0.457. The van der Waals surface area contributed by atoms with Crippen molar-refractivity contribution in [3.05, 3.63) is 86.3 Å². The third-order valence-electron chi connectivity index (χ3n) is 8.71. The molecule has 0 radical (unpaired) electrons. The van der Waals surface area contributed by atoms with Crippen LogP contribution in [0, 0.1) is 11.1 Å². The molecule has 1 amide bonds. The number of methoxy groups -OCH3 is 1. The Morgan fingerprint density at radius 3 is 2.52 bits per heavy atom. The number of benzene rings is 2. The van der Waals surface area contributed by atoms with E-state index in [1.807, 2.05) is 4.90 Å². The van der Waals surface area contributed by atoms with Crippen molar-refractivity contribution in [1.82, 2.24) is 14.9 Å². The summed E-state index contributed by atoms with van der Waals surface area (Å²) in [6.07, 6.45) is 3.84. The van der Waals surface area contributed by atoms with Gasteiger partial charge in [-0.2, -0.15) is 13.5 Å². The Morgan fingerprint density at radius 2 is 1.85 bits per heavy atom. The number of hydrogen-bond acceptors (Lipinski definition) is 11. The maximum absolute atomic E-state index is 13.7. The highest BCUT2D eigenvalue weighted by atomic mass is 35.5. The van der Waals surface area contributed by atoms with Gasteiger partial charge in [-0.25, -0.2) is 13.1 Å². The molecule has 2 N–H and O–H groups in total. The van der Waals surface area contributed by atoms with E-state index in [1.165, 1.54) is 25.3 Å². The highest BCUT2D eigenvalue weighted by Crippen LogP contribution is 2.38. The zero-order valence-electron chi connectivity index (χ0n) is 29.4. The Kier molecular flexibility index (Phi) is 14.1. The molecule has 1 aliphatic carbocycles. The summed E-state index contributed by atoms with van der Waals surface area (Å²) < 4.78 is 80.1. The van der Waals surface area contributed by atoms with Crippen molar-refractivity contribution in [2.24, 2.45) is 5.92 Å². The largest absolute Gasteiger partial charge is 0.619 e. The lowest BCUT2D eigenvalue weighted by molar-refractivity contribution is -0.605. The number of hydrogen-bond donors (Lipinski definition) is 2. The van der Waals surface area contributed by atoms with Crippen molar-refractivity contribution < 1.29 is 55.2 Å². The van der Waals surface area contributed by atoms with Crippen molar-refractivity contribution in [3.8, 4) is 17.2 Å². The van der Waals surface area contributed by atoms with Crippen molar-refractivity contribution in [2.75, 3.05) is 59.4 Å². The fourth-order valence-corrected chi connectivity index (χ4v) is 6.89. The van der Waals surface area contributed by atoms with E-state index >= 15 is 0 Å². The van der Waals surface area contributed by atoms with E-state index < -0.39 is 47.2 Å². The van der Waals surface area contributed by atoms with Crippen molar-refractivity contribution in [2.45, 2.75) is 38.0 Å². The van der Waals surface area contributed by atoms with Crippen molar-refractivity contribution >= 4 is 45.1 Å². The summed E-state index contributed by atoms with van der Waals surface area (Å²) in [5.41, 5.74) is 1.34. The average Bonchev–Trinajstić information content (AvgIpc) is 3.95. The number of carbonyl (C=O) groups excluding carboxylic acids is 2. The van der Waals surface area contributed by atoms with E-state index in [0.29, 0.717) is 41.3 Å². The molecule has 1 unspecified atom stereocenters. The van der Waals surface area contributed by atoms with Crippen LogP contribution in [0.15, 0.2) is 48.8 Å². The molecule has 19 heteroatoms. The molecule has 5 rings (SSSR count). The lowest BCUT2D eigenvalue weighted by Gasteiger charge is -2.36. The highest BCUT2D eigenvalue weighted by Gasteiger charge is 2.30. The van der Waals surface area contributed by atoms with Crippen LogP contribution in [-0.4, -0.2) is 91.2 Å². The average molecular weight is 818 g/mol. The van der Waals surface area contributed by atoms with E-state index in [2.05, 4.69) is 14.8 Å². The van der Waals surface area contributed by atoms with Gasteiger partial charge < -0.3 is 34.2 Å². The van der Waals surface area contributed by atoms with Gasteiger partial charge in [0.1, 0.15) is 28.4 Å². The van der Waals surface area contributed by atoms with Crippen LogP contribution in [0.2, 0.25) is 10.0 Å². The Morgan fingerprint density at radius 1 is 1.11 bits per heavy atom. The van der Waals surface area contributed by atoms with Crippen LogP contribution < -0.4 is 29.0 Å². The number of sulfonamides is 1. The van der Waals surface area contributed by atoms with Gasteiger partial charge in [0.15, 0.2) is 23.9 Å². The second kappa shape index (κ2) is 18.6. The number of rotatable bonds is 18. The first-order chi connectivity index (χ1) is 25.7. The molecule has 0 spiro atoms. The SMILES string of the molecule is COc1ccc(C(=O)NCC(=O)O[C@@H](Cc2c(Cl)c[n+]([O-])cc2Cl)c2ccc(OC(F)F)c(OCC3CC3)c2)c(C2COCCN2CCNS(C)(=O)=O)c1. The van der Waals surface area contributed by atoms with E-state index in [9.17, 15) is 32.0 Å². The predicted octanol–water partition coefficient (Wildman–Crippen LogP) is 4.21. The number of pyridine rings is 1. The Labute approximate surface area is 321 Å². The predicted molar refractivity (Wildman–Crippen MR) is 193 cm³/mol. The normalized spacial score (nSPS) is 16.8. The van der Waals surface area contributed by atoms with Crippen LogP contribution in [0.3, 0.4) is 0 Å². The van der Waals surface area contributed by atoms with Gasteiger partial charge in [0.05, 0.1) is 39.2 Å². The molecule has 2 aromatic carbocycles. The smallest absolute Gasteiger partial charge is 0.387 e. The summed E-state index contributed by atoms with van der Waals surface area (Å²) in [5.74, 6) is -0.930. The van der Waals surface area contributed by atoms with E-state index in [-0.39, 0.29) is 64.8 Å². The minimum absolute atomic E-state index is 0.00502. The second-order valence-electron chi connectivity index (χ2n) is 12.7. The number of morpholine rings is 1. The molecule has 2 atom stereocenters. The maximum atomic E-state index is 13.7. The summed E-state index contributed by atoms with van der Waals surface area (Å²) in [5, 5.41) is 14.5. The number of halogens is 4. The van der Waals surface area contributed by atoms with Gasteiger partial charge in [0.2, 0.25) is 10.0 Å². The van der Waals surface area contributed by atoms with Crippen LogP contribution >= 0.6 is 23.2 Å². The van der Waals surface area contributed by atoms with Gasteiger partial charge in [0, 0.05) is 37.2 Å². The van der Waals surface area contributed by atoms with Gasteiger partial charge >= 0.3 is 12.6 Å². The number of ether oxygens (including phenoxy) is 5. The van der Waals surface area contributed by atoms with Gasteiger partial charge in [-0.3, -0.25) is 14.5 Å². The first-order valence-corrected chi connectivity index (χ1v) is 19.6. The molecule has 1 saturated carbocycles. The maximum Gasteiger partial charge on any atom is 0.387 e. The van der Waals surface area contributed by atoms with Crippen LogP contribution in [0.1, 0.15) is 52.0 Å². The molecule has 2 aliphatic rings. The molecular formula is C35H40Cl2F2N4O10S. The molecule has 2 fully saturated rings. The van der Waals surface area contributed by atoms with Gasteiger partial charge in [0.25, 0.3) is 5.91 Å². The molecule has 1 aromatic heterocycles. The minimum Gasteiger partial charge on any atom is -0.619 e. The molecule has 2 heterocycles. The molecule has 3 aromatic rings. The van der Waals surface area contributed by atoms with Gasteiger partial charge in [-0.1, -0.05) is 29.3 Å². The third-order valence-corrected chi connectivity index (χ3v) is 10.1. The summed E-state index contributed by atoms with van der Waals surface area (Å²) in [4.78, 5) is 29.1. The van der Waals surface area contributed by atoms with Crippen LogP contribution in [-0.2, 0) is 30.7 Å². The lowest BCUT2D eigenvalue weighted by Crippen LogP contribution is -2.44. The van der Waals surface area contributed by atoms with Crippen LogP contribution in [0.5, 0.6) is 17.2 Å². The van der Waals surface area contributed by atoms with E-state index in [0.717, 1.165) is 31.5 Å². The van der Waals surface area contributed by atoms with E-state index in [4.69, 9.17) is 42.1 Å². The molecular weight excluding hydrogens is 777 g/mol. The summed E-state index contributed by atoms with van der Waals surface area (Å²) in [6, 6.07) is 8.48. The zero-order valence-corrected chi connectivity index (χ0v) is 31.7. The first-order valence-electron chi connectivity index (χ1n) is 16.9. The van der Waals surface area contributed by atoms with E-state index in [1.54, 1.807) is 18.2 Å². The Balaban J connectivity index is 1.36. The Bertz CT molecular complexity index is 1900. The number of aromatic nitrogens is 1. The van der Waals surface area contributed by atoms with Crippen LogP contribution in [0.4, 0.5) is 8.78 Å². The minimum atomic E-state index is -3.42. The molecule has 294 valence electrons. The first kappa shape index (κ1) is 41.2. The molecule has 14 nitrogen and oxygen atoms in total. The summed E-state index contributed by atoms with van der Waals surface area (Å²) in [7, 11) is -1.94.